The molecule has 25 heavy (non-hydrogen) atoms. The van der Waals surface area contributed by atoms with E-state index in [1.807, 2.05) is 18.2 Å². The third-order valence-electron chi connectivity index (χ3n) is 3.98. The molecule has 1 amide bonds. The van der Waals surface area contributed by atoms with E-state index in [2.05, 4.69) is 15.3 Å². The number of amides is 1. The number of anilines is 1. The van der Waals surface area contributed by atoms with E-state index in [9.17, 15) is 13.2 Å². The van der Waals surface area contributed by atoms with Crippen LogP contribution in [0.2, 0.25) is 0 Å². The maximum atomic E-state index is 12.3. The first kappa shape index (κ1) is 17.5. The summed E-state index contributed by atoms with van der Waals surface area (Å²) in [6.07, 6.45) is 2.38. The average molecular weight is 365 g/mol. The van der Waals surface area contributed by atoms with Crippen LogP contribution in [0.4, 0.5) is 5.82 Å². The first-order chi connectivity index (χ1) is 11.8. The summed E-state index contributed by atoms with van der Waals surface area (Å²) in [5.74, 6) is 0.282. The lowest BCUT2D eigenvalue weighted by Crippen LogP contribution is -2.56. The molecule has 1 saturated heterocycles. The predicted octanol–water partition coefficient (Wildman–Crippen LogP) is -0.511. The van der Waals surface area contributed by atoms with Gasteiger partial charge in [-0.3, -0.25) is 8.98 Å². The van der Waals surface area contributed by atoms with Gasteiger partial charge in [0, 0.05) is 18.5 Å². The quantitative estimate of drug-likeness (QED) is 0.678. The molecule has 3 rings (SSSR count). The molecule has 0 bridgehead atoms. The molecule has 0 aliphatic carbocycles. The lowest BCUT2D eigenvalue weighted by Gasteiger charge is -2.35. The van der Waals surface area contributed by atoms with Crippen LogP contribution in [-0.4, -0.2) is 61.2 Å². The van der Waals surface area contributed by atoms with Crippen molar-refractivity contribution in [2.75, 3.05) is 31.7 Å². The maximum Gasteiger partial charge on any atom is 0.264 e. The Morgan fingerprint density at radius 2 is 2.20 bits per heavy atom. The fourth-order valence-corrected chi connectivity index (χ4v) is 3.15. The Morgan fingerprint density at radius 1 is 1.40 bits per heavy atom. The summed E-state index contributed by atoms with van der Waals surface area (Å²) in [6.45, 7) is 0.917. The molecule has 0 spiro atoms. The fraction of sp³-hybridized carbons (Fsp3) is 0.400. The number of rotatable bonds is 5. The predicted molar refractivity (Wildman–Crippen MR) is 92.0 cm³/mol. The summed E-state index contributed by atoms with van der Waals surface area (Å²) < 4.78 is 27.3. The molecule has 2 aromatic rings. The second-order valence-electron chi connectivity index (χ2n) is 5.91. The molecule has 1 fully saturated rings. The maximum absolute atomic E-state index is 12.3. The summed E-state index contributed by atoms with van der Waals surface area (Å²) >= 11 is 0. The number of piperazine rings is 1. The molecule has 0 radical (unpaired) electrons. The van der Waals surface area contributed by atoms with E-state index in [0.717, 1.165) is 17.2 Å². The Bertz CT molecular complexity index is 902. The molecule has 10 heteroatoms. The third-order valence-corrected chi connectivity index (χ3v) is 4.54. The van der Waals surface area contributed by atoms with Gasteiger partial charge in [-0.25, -0.2) is 9.97 Å². The van der Waals surface area contributed by atoms with Crippen LogP contribution in [0.15, 0.2) is 24.5 Å². The second kappa shape index (κ2) is 6.90. The normalized spacial score (nSPS) is 18.7. The first-order valence-corrected chi connectivity index (χ1v) is 9.49. The number of carbonyl (C=O) groups is 1. The highest BCUT2D eigenvalue weighted by Gasteiger charge is 2.29. The number of carbonyl (C=O) groups excluding carboxylic acids is 1. The summed E-state index contributed by atoms with van der Waals surface area (Å²) in [5, 5.41) is 3.72. The van der Waals surface area contributed by atoms with Crippen molar-refractivity contribution in [3.05, 3.63) is 30.1 Å². The van der Waals surface area contributed by atoms with Crippen molar-refractivity contribution in [2.24, 2.45) is 0 Å². The zero-order chi connectivity index (χ0) is 18.0. The van der Waals surface area contributed by atoms with Crippen LogP contribution in [0, 0.1) is 0 Å². The van der Waals surface area contributed by atoms with Gasteiger partial charge >= 0.3 is 0 Å². The number of nitrogens with one attached hydrogen (secondary N) is 1. The summed E-state index contributed by atoms with van der Waals surface area (Å²) in [5.41, 5.74) is 7.37. The van der Waals surface area contributed by atoms with Crippen LogP contribution < -0.4 is 11.1 Å². The zero-order valence-electron chi connectivity index (χ0n) is 13.7. The highest BCUT2D eigenvalue weighted by molar-refractivity contribution is 7.85. The van der Waals surface area contributed by atoms with Gasteiger partial charge in [0.15, 0.2) is 0 Å². The van der Waals surface area contributed by atoms with Crippen LogP contribution in [0.25, 0.3) is 10.9 Å². The molecule has 9 nitrogen and oxygen atoms in total. The van der Waals surface area contributed by atoms with Crippen molar-refractivity contribution >= 4 is 32.7 Å². The second-order valence-corrected chi connectivity index (χ2v) is 7.55. The van der Waals surface area contributed by atoms with E-state index in [4.69, 9.17) is 9.92 Å². The Morgan fingerprint density at radius 3 is 2.96 bits per heavy atom. The van der Waals surface area contributed by atoms with Gasteiger partial charge in [-0.15, -0.1) is 0 Å². The van der Waals surface area contributed by atoms with Crippen LogP contribution in [0.1, 0.15) is 5.56 Å². The van der Waals surface area contributed by atoms with E-state index in [1.165, 1.54) is 6.33 Å². The molecule has 1 aromatic carbocycles. The number of nitrogen functional groups attached to an aromatic ring is 1. The van der Waals surface area contributed by atoms with E-state index in [0.29, 0.717) is 24.4 Å². The van der Waals surface area contributed by atoms with Crippen LogP contribution >= 0.6 is 0 Å². The van der Waals surface area contributed by atoms with Crippen molar-refractivity contribution < 1.29 is 17.4 Å². The summed E-state index contributed by atoms with van der Waals surface area (Å²) in [4.78, 5) is 22.0. The molecule has 1 aliphatic heterocycles. The van der Waals surface area contributed by atoms with Crippen molar-refractivity contribution in [3.8, 4) is 0 Å². The van der Waals surface area contributed by atoms with E-state index in [-0.39, 0.29) is 25.1 Å². The molecule has 1 atom stereocenters. The molecule has 0 unspecified atom stereocenters. The molecule has 1 aromatic heterocycles. The highest BCUT2D eigenvalue weighted by atomic mass is 32.2. The lowest BCUT2D eigenvalue weighted by atomic mass is 10.1. The zero-order valence-corrected chi connectivity index (χ0v) is 14.5. The summed E-state index contributed by atoms with van der Waals surface area (Å²) in [6, 6.07) is 5.14. The van der Waals surface area contributed by atoms with Gasteiger partial charge in [0.05, 0.1) is 31.0 Å². The van der Waals surface area contributed by atoms with Gasteiger partial charge in [-0.05, 0) is 17.7 Å². The van der Waals surface area contributed by atoms with Gasteiger partial charge < -0.3 is 16.0 Å². The molecule has 2 heterocycles. The van der Waals surface area contributed by atoms with Gasteiger partial charge in [0.1, 0.15) is 12.1 Å². The van der Waals surface area contributed by atoms with Crippen LogP contribution in [0.5, 0.6) is 0 Å². The standard InChI is InChI=1S/C15H19N5O4S/c1-25(22,23)24-8-11-5-17-6-14(21)20(11)7-10-2-3-12-13(4-10)18-9-19-15(12)16/h2-4,9,11,17H,5-8H2,1H3,(H2,16,18,19)/t11-/m1/s1. The third kappa shape index (κ3) is 4.21. The van der Waals surface area contributed by atoms with Crippen molar-refractivity contribution in [3.63, 3.8) is 0 Å². The number of hydrogen-bond donors (Lipinski definition) is 2. The minimum absolute atomic E-state index is 0.0831. The van der Waals surface area contributed by atoms with Gasteiger partial charge in [0.2, 0.25) is 5.91 Å². The summed E-state index contributed by atoms with van der Waals surface area (Å²) in [7, 11) is -3.57. The van der Waals surface area contributed by atoms with Gasteiger partial charge in [-0.1, -0.05) is 6.07 Å². The molecular formula is C15H19N5O4S. The largest absolute Gasteiger partial charge is 0.383 e. The topological polar surface area (TPSA) is 128 Å². The Labute approximate surface area is 145 Å². The lowest BCUT2D eigenvalue weighted by molar-refractivity contribution is -0.136. The number of nitrogens with zero attached hydrogens (tertiary/aromatic N) is 3. The van der Waals surface area contributed by atoms with Gasteiger partial charge in [0.25, 0.3) is 10.1 Å². The van der Waals surface area contributed by atoms with Gasteiger partial charge in [-0.2, -0.15) is 8.42 Å². The van der Waals surface area contributed by atoms with Crippen LogP contribution in [0.3, 0.4) is 0 Å². The molecule has 3 N–H and O–H groups in total. The fourth-order valence-electron chi connectivity index (χ4n) is 2.75. The van der Waals surface area contributed by atoms with Crippen molar-refractivity contribution in [1.29, 1.82) is 0 Å². The van der Waals surface area contributed by atoms with E-state index >= 15 is 0 Å². The molecule has 134 valence electrons. The first-order valence-electron chi connectivity index (χ1n) is 7.67. The van der Waals surface area contributed by atoms with Crippen molar-refractivity contribution in [1.82, 2.24) is 20.2 Å². The number of nitrogens with two attached hydrogens (primary N) is 1. The monoisotopic (exact) mass is 365 g/mol. The van der Waals surface area contributed by atoms with Crippen LogP contribution in [-0.2, 0) is 25.6 Å². The van der Waals surface area contributed by atoms with E-state index in [1.54, 1.807) is 4.90 Å². The Balaban J connectivity index is 1.81. The van der Waals surface area contributed by atoms with E-state index < -0.39 is 10.1 Å². The Hall–Kier alpha value is -2.30. The number of hydrogen-bond acceptors (Lipinski definition) is 8. The smallest absolute Gasteiger partial charge is 0.264 e. The molecule has 1 aliphatic rings. The number of aromatic nitrogens is 2. The Kier molecular flexibility index (Phi) is 4.84. The highest BCUT2D eigenvalue weighted by Crippen LogP contribution is 2.20. The number of fused-ring (bicyclic) bond motifs is 1. The molecular weight excluding hydrogens is 346 g/mol. The minimum Gasteiger partial charge on any atom is -0.383 e. The number of benzene rings is 1. The molecule has 0 saturated carbocycles. The minimum atomic E-state index is -3.57. The SMILES string of the molecule is CS(=O)(=O)OC[C@H]1CNCC(=O)N1Cc1ccc2c(N)ncnc2c1. The average Bonchev–Trinajstić information content (AvgIpc) is 2.55. The van der Waals surface area contributed by atoms with Crippen molar-refractivity contribution in [2.45, 2.75) is 12.6 Å².